The molecule has 108 valence electrons. The van der Waals surface area contributed by atoms with Crippen LogP contribution >= 0.6 is 0 Å². The second kappa shape index (κ2) is 6.00. The summed E-state index contributed by atoms with van der Waals surface area (Å²) in [6, 6.07) is 4.61. The number of aliphatic hydroxyl groups excluding tert-OH is 1. The number of nitro benzene ring substituents is 1. The van der Waals surface area contributed by atoms with Gasteiger partial charge in [0.1, 0.15) is 5.69 Å². The Bertz CT molecular complexity index is 522. The molecule has 6 heteroatoms. The van der Waals surface area contributed by atoms with Crippen molar-refractivity contribution in [3.63, 3.8) is 0 Å². The largest absolute Gasteiger partial charge is 0.393 e. The van der Waals surface area contributed by atoms with Gasteiger partial charge in [-0.2, -0.15) is 0 Å². The summed E-state index contributed by atoms with van der Waals surface area (Å²) >= 11 is 0. The molecule has 1 aliphatic carbocycles. The molecule has 6 nitrogen and oxygen atoms in total. The molecule has 1 aromatic carbocycles. The maximum atomic E-state index is 11.3. The number of nitro groups is 1. The minimum atomic E-state index is -0.480. The van der Waals surface area contributed by atoms with Crippen LogP contribution in [0, 0.1) is 10.1 Å². The van der Waals surface area contributed by atoms with Gasteiger partial charge in [0.05, 0.1) is 11.0 Å². The summed E-state index contributed by atoms with van der Waals surface area (Å²) in [5.74, 6) is -0.194. The standard InChI is InChI=1S/C14H18N2O4/c1-9(17)10-2-7-13(14(8-10)16(19)20)15-11-3-5-12(18)6-4-11/h2,7-8,11-12,15,18H,3-6H2,1H3. The Kier molecular flexibility index (Phi) is 4.34. The number of carbonyl (C=O) groups excluding carboxylic acids is 1. The minimum Gasteiger partial charge on any atom is -0.393 e. The topological polar surface area (TPSA) is 92.5 Å². The number of benzene rings is 1. The van der Waals surface area contributed by atoms with Crippen molar-refractivity contribution in [2.75, 3.05) is 5.32 Å². The number of nitrogens with one attached hydrogen (secondary N) is 1. The molecule has 0 aliphatic heterocycles. The van der Waals surface area contributed by atoms with E-state index in [1.54, 1.807) is 12.1 Å². The molecule has 2 N–H and O–H groups in total. The Balaban J connectivity index is 2.18. The van der Waals surface area contributed by atoms with E-state index in [4.69, 9.17) is 0 Å². The highest BCUT2D eigenvalue weighted by Crippen LogP contribution is 2.29. The molecular formula is C14H18N2O4. The number of hydrogen-bond acceptors (Lipinski definition) is 5. The molecule has 0 radical (unpaired) electrons. The molecule has 1 aromatic rings. The summed E-state index contributed by atoms with van der Waals surface area (Å²) in [7, 11) is 0. The van der Waals surface area contributed by atoms with Gasteiger partial charge < -0.3 is 10.4 Å². The van der Waals surface area contributed by atoms with Crippen molar-refractivity contribution in [1.29, 1.82) is 0 Å². The second-order valence-electron chi connectivity index (χ2n) is 5.20. The Morgan fingerprint density at radius 2 is 2.00 bits per heavy atom. The maximum Gasteiger partial charge on any atom is 0.293 e. The molecular weight excluding hydrogens is 260 g/mol. The molecule has 0 saturated heterocycles. The van der Waals surface area contributed by atoms with Crippen LogP contribution in [0.4, 0.5) is 11.4 Å². The van der Waals surface area contributed by atoms with Gasteiger partial charge in [0.25, 0.3) is 5.69 Å². The monoisotopic (exact) mass is 278 g/mol. The number of ketones is 1. The van der Waals surface area contributed by atoms with Crippen molar-refractivity contribution >= 4 is 17.2 Å². The zero-order chi connectivity index (χ0) is 14.7. The molecule has 0 unspecified atom stereocenters. The fraction of sp³-hybridized carbons (Fsp3) is 0.500. The van der Waals surface area contributed by atoms with E-state index in [0.717, 1.165) is 12.8 Å². The van der Waals surface area contributed by atoms with Crippen LogP contribution in [0.3, 0.4) is 0 Å². The number of rotatable bonds is 4. The molecule has 1 fully saturated rings. The van der Waals surface area contributed by atoms with Crippen LogP contribution in [0.5, 0.6) is 0 Å². The molecule has 1 aliphatic rings. The van der Waals surface area contributed by atoms with E-state index in [0.29, 0.717) is 24.1 Å². The number of Topliss-reactive ketones (excluding diaryl/α,β-unsaturated/α-hetero) is 1. The van der Waals surface area contributed by atoms with Gasteiger partial charge in [-0.15, -0.1) is 0 Å². The highest BCUT2D eigenvalue weighted by Gasteiger charge is 2.23. The average Bonchev–Trinajstić information content (AvgIpc) is 2.41. The molecule has 1 saturated carbocycles. The Hall–Kier alpha value is -1.95. The first-order valence-electron chi connectivity index (χ1n) is 6.71. The highest BCUT2D eigenvalue weighted by molar-refractivity contribution is 5.95. The quantitative estimate of drug-likeness (QED) is 0.501. The molecule has 2 rings (SSSR count). The van der Waals surface area contributed by atoms with Crippen molar-refractivity contribution in [2.24, 2.45) is 0 Å². The van der Waals surface area contributed by atoms with Gasteiger partial charge in [-0.05, 0) is 44.7 Å². The third kappa shape index (κ3) is 3.33. The van der Waals surface area contributed by atoms with Crippen LogP contribution in [0.2, 0.25) is 0 Å². The lowest BCUT2D eigenvalue weighted by molar-refractivity contribution is -0.384. The average molecular weight is 278 g/mol. The molecule has 0 bridgehead atoms. The van der Waals surface area contributed by atoms with Gasteiger partial charge in [-0.25, -0.2) is 0 Å². The van der Waals surface area contributed by atoms with Crippen LogP contribution < -0.4 is 5.32 Å². The third-order valence-corrected chi connectivity index (χ3v) is 3.66. The number of nitrogens with zero attached hydrogens (tertiary/aromatic N) is 1. The van der Waals surface area contributed by atoms with Crippen LogP contribution in [-0.2, 0) is 0 Å². The van der Waals surface area contributed by atoms with Crippen LogP contribution in [0.1, 0.15) is 43.0 Å². The first kappa shape index (κ1) is 14.5. The van der Waals surface area contributed by atoms with Crippen molar-refractivity contribution in [3.8, 4) is 0 Å². The number of hydrogen-bond donors (Lipinski definition) is 2. The lowest BCUT2D eigenvalue weighted by Gasteiger charge is -2.26. The Labute approximate surface area is 117 Å². The zero-order valence-corrected chi connectivity index (χ0v) is 11.3. The van der Waals surface area contributed by atoms with E-state index in [-0.39, 0.29) is 23.6 Å². The van der Waals surface area contributed by atoms with Crippen molar-refractivity contribution in [2.45, 2.75) is 44.8 Å². The Morgan fingerprint density at radius 1 is 1.35 bits per heavy atom. The summed E-state index contributed by atoms with van der Waals surface area (Å²) in [4.78, 5) is 21.9. The summed E-state index contributed by atoms with van der Waals surface area (Å²) in [6.45, 7) is 1.38. The summed E-state index contributed by atoms with van der Waals surface area (Å²) in [5, 5.41) is 23.7. The first-order valence-corrected chi connectivity index (χ1v) is 6.71. The molecule has 0 heterocycles. The number of carbonyl (C=O) groups is 1. The van der Waals surface area contributed by atoms with Gasteiger partial charge in [0.15, 0.2) is 5.78 Å². The van der Waals surface area contributed by atoms with E-state index in [2.05, 4.69) is 5.32 Å². The van der Waals surface area contributed by atoms with Crippen LogP contribution in [0.25, 0.3) is 0 Å². The van der Waals surface area contributed by atoms with E-state index < -0.39 is 4.92 Å². The molecule has 0 spiro atoms. The second-order valence-corrected chi connectivity index (χ2v) is 5.20. The van der Waals surface area contributed by atoms with Gasteiger partial charge in [-0.3, -0.25) is 14.9 Å². The van der Waals surface area contributed by atoms with E-state index in [9.17, 15) is 20.0 Å². The minimum absolute atomic E-state index is 0.0798. The first-order chi connectivity index (χ1) is 9.47. The van der Waals surface area contributed by atoms with Gasteiger partial charge in [0.2, 0.25) is 0 Å². The van der Waals surface area contributed by atoms with Crippen molar-refractivity contribution < 1.29 is 14.8 Å². The predicted molar refractivity (Wildman–Crippen MR) is 75.0 cm³/mol. The van der Waals surface area contributed by atoms with Crippen LogP contribution in [-0.4, -0.2) is 28.0 Å². The van der Waals surface area contributed by atoms with E-state index >= 15 is 0 Å². The van der Waals surface area contributed by atoms with Gasteiger partial charge in [0, 0.05) is 17.7 Å². The highest BCUT2D eigenvalue weighted by atomic mass is 16.6. The number of anilines is 1. The van der Waals surface area contributed by atoms with E-state index in [1.807, 2.05) is 0 Å². The molecule has 0 aromatic heterocycles. The lowest BCUT2D eigenvalue weighted by Crippen LogP contribution is -2.28. The molecule has 0 amide bonds. The van der Waals surface area contributed by atoms with Crippen molar-refractivity contribution in [3.05, 3.63) is 33.9 Å². The summed E-state index contributed by atoms with van der Waals surface area (Å²) in [5.41, 5.74) is 0.687. The third-order valence-electron chi connectivity index (χ3n) is 3.66. The lowest BCUT2D eigenvalue weighted by atomic mass is 9.93. The van der Waals surface area contributed by atoms with Gasteiger partial charge in [-0.1, -0.05) is 0 Å². The zero-order valence-electron chi connectivity index (χ0n) is 11.3. The molecule has 0 atom stereocenters. The van der Waals surface area contributed by atoms with Crippen LogP contribution in [0.15, 0.2) is 18.2 Å². The van der Waals surface area contributed by atoms with Crippen molar-refractivity contribution in [1.82, 2.24) is 0 Å². The van der Waals surface area contributed by atoms with E-state index in [1.165, 1.54) is 13.0 Å². The summed E-state index contributed by atoms with van der Waals surface area (Å²) in [6.07, 6.45) is 2.72. The molecule has 20 heavy (non-hydrogen) atoms. The smallest absolute Gasteiger partial charge is 0.293 e. The SMILES string of the molecule is CC(=O)c1ccc(NC2CCC(O)CC2)c([N+](=O)[O-])c1. The predicted octanol–water partition coefficient (Wildman–Crippen LogP) is 2.51. The maximum absolute atomic E-state index is 11.3. The summed E-state index contributed by atoms with van der Waals surface area (Å²) < 4.78 is 0. The number of aliphatic hydroxyl groups is 1. The normalized spacial score (nSPS) is 22.3. The van der Waals surface area contributed by atoms with Gasteiger partial charge >= 0.3 is 0 Å². The Morgan fingerprint density at radius 3 is 2.55 bits per heavy atom. The fourth-order valence-corrected chi connectivity index (χ4v) is 2.46. The fourth-order valence-electron chi connectivity index (χ4n) is 2.46.